The van der Waals surface area contributed by atoms with E-state index >= 15 is 0 Å². The highest BCUT2D eigenvalue weighted by Crippen LogP contribution is 2.20. The van der Waals surface area contributed by atoms with E-state index < -0.39 is 0 Å². The standard InChI is InChI=1S/C8H14N4OS/c1-6-5-12(3-2-4-13-6)8-10-7(9)11-14-8/h6H,2-5H2,1H3,(H2,9,11). The van der Waals surface area contributed by atoms with E-state index in [9.17, 15) is 0 Å². The summed E-state index contributed by atoms with van der Waals surface area (Å²) in [5.74, 6) is 0.364. The van der Waals surface area contributed by atoms with Crippen molar-refractivity contribution in [2.45, 2.75) is 19.4 Å². The van der Waals surface area contributed by atoms with Crippen molar-refractivity contribution in [3.8, 4) is 0 Å². The molecule has 1 fully saturated rings. The van der Waals surface area contributed by atoms with Gasteiger partial charge in [-0.05, 0) is 13.3 Å². The second-order valence-corrected chi connectivity index (χ2v) is 4.15. The molecule has 78 valence electrons. The Morgan fingerprint density at radius 1 is 1.64 bits per heavy atom. The number of hydrogen-bond acceptors (Lipinski definition) is 6. The monoisotopic (exact) mass is 214 g/mol. The molecule has 1 aromatic heterocycles. The van der Waals surface area contributed by atoms with Gasteiger partial charge in [0.25, 0.3) is 0 Å². The zero-order chi connectivity index (χ0) is 9.97. The van der Waals surface area contributed by atoms with Crippen LogP contribution < -0.4 is 10.6 Å². The molecule has 1 unspecified atom stereocenters. The average Bonchev–Trinajstić information content (AvgIpc) is 2.45. The smallest absolute Gasteiger partial charge is 0.233 e. The van der Waals surface area contributed by atoms with E-state index in [-0.39, 0.29) is 6.10 Å². The van der Waals surface area contributed by atoms with E-state index in [0.717, 1.165) is 31.2 Å². The summed E-state index contributed by atoms with van der Waals surface area (Å²) in [6.45, 7) is 4.74. The van der Waals surface area contributed by atoms with Crippen molar-refractivity contribution in [3.05, 3.63) is 0 Å². The highest BCUT2D eigenvalue weighted by atomic mass is 32.1. The Bertz CT molecular complexity index is 303. The first-order valence-electron chi connectivity index (χ1n) is 4.71. The molecule has 2 heterocycles. The van der Waals surface area contributed by atoms with Crippen LogP contribution in [0.1, 0.15) is 13.3 Å². The van der Waals surface area contributed by atoms with E-state index in [1.165, 1.54) is 11.5 Å². The Morgan fingerprint density at radius 2 is 2.50 bits per heavy atom. The summed E-state index contributed by atoms with van der Waals surface area (Å²) >= 11 is 1.35. The minimum absolute atomic E-state index is 0.252. The molecule has 0 spiro atoms. The summed E-state index contributed by atoms with van der Waals surface area (Å²) in [6, 6.07) is 0. The third-order valence-electron chi connectivity index (χ3n) is 2.15. The molecule has 1 aliphatic heterocycles. The Balaban J connectivity index is 2.08. The van der Waals surface area contributed by atoms with Crippen LogP contribution in [0.3, 0.4) is 0 Å². The lowest BCUT2D eigenvalue weighted by Gasteiger charge is -2.20. The van der Waals surface area contributed by atoms with Gasteiger partial charge in [0.15, 0.2) is 0 Å². The first-order valence-corrected chi connectivity index (χ1v) is 5.49. The zero-order valence-corrected chi connectivity index (χ0v) is 8.96. The molecule has 0 saturated carbocycles. The topological polar surface area (TPSA) is 64.3 Å². The fraction of sp³-hybridized carbons (Fsp3) is 0.750. The van der Waals surface area contributed by atoms with Crippen LogP contribution in [0, 0.1) is 0 Å². The number of anilines is 2. The van der Waals surface area contributed by atoms with Crippen LogP contribution in [-0.4, -0.2) is 35.2 Å². The molecule has 2 N–H and O–H groups in total. The van der Waals surface area contributed by atoms with Crippen molar-refractivity contribution in [3.63, 3.8) is 0 Å². The van der Waals surface area contributed by atoms with Crippen LogP contribution in [0.2, 0.25) is 0 Å². The Hall–Kier alpha value is -0.880. The predicted molar refractivity (Wildman–Crippen MR) is 56.6 cm³/mol. The summed E-state index contributed by atoms with van der Waals surface area (Å²) in [7, 11) is 0. The number of nitrogen functional groups attached to an aromatic ring is 1. The Labute approximate surface area is 87.0 Å². The van der Waals surface area contributed by atoms with Gasteiger partial charge in [-0.2, -0.15) is 9.36 Å². The van der Waals surface area contributed by atoms with Gasteiger partial charge < -0.3 is 15.4 Å². The maximum atomic E-state index is 5.54. The number of nitrogens with two attached hydrogens (primary N) is 1. The van der Waals surface area contributed by atoms with Crippen LogP contribution in [0.4, 0.5) is 11.1 Å². The van der Waals surface area contributed by atoms with Crippen LogP contribution >= 0.6 is 11.5 Å². The Kier molecular flexibility index (Phi) is 2.83. The maximum Gasteiger partial charge on any atom is 0.233 e. The van der Waals surface area contributed by atoms with Crippen molar-refractivity contribution in [1.29, 1.82) is 0 Å². The van der Waals surface area contributed by atoms with Crippen molar-refractivity contribution >= 4 is 22.6 Å². The van der Waals surface area contributed by atoms with Crippen molar-refractivity contribution in [2.75, 3.05) is 30.3 Å². The van der Waals surface area contributed by atoms with Gasteiger partial charge in [0.05, 0.1) is 6.10 Å². The molecule has 6 heteroatoms. The van der Waals surface area contributed by atoms with Crippen molar-refractivity contribution < 1.29 is 4.74 Å². The zero-order valence-electron chi connectivity index (χ0n) is 8.14. The molecule has 1 aromatic rings. The molecule has 5 nitrogen and oxygen atoms in total. The summed E-state index contributed by atoms with van der Waals surface area (Å²) < 4.78 is 9.52. The predicted octanol–water partition coefficient (Wildman–Crippen LogP) is 0.736. The lowest BCUT2D eigenvalue weighted by molar-refractivity contribution is 0.0821. The summed E-state index contributed by atoms with van der Waals surface area (Å²) in [6.07, 6.45) is 1.28. The molecule has 0 aliphatic carbocycles. The molecule has 0 amide bonds. The largest absolute Gasteiger partial charge is 0.377 e. The number of ether oxygens (including phenoxy) is 1. The molecule has 0 radical (unpaired) electrons. The molecule has 0 bridgehead atoms. The lowest BCUT2D eigenvalue weighted by Crippen LogP contribution is -2.29. The second-order valence-electron chi connectivity index (χ2n) is 3.42. The SMILES string of the molecule is CC1CN(c2nc(N)ns2)CCCO1. The third-order valence-corrected chi connectivity index (χ3v) is 2.94. The molecular weight excluding hydrogens is 200 g/mol. The minimum atomic E-state index is 0.252. The molecular formula is C8H14N4OS. The molecule has 0 aromatic carbocycles. The van der Waals surface area contributed by atoms with Gasteiger partial charge in [0.1, 0.15) is 0 Å². The Morgan fingerprint density at radius 3 is 3.21 bits per heavy atom. The van der Waals surface area contributed by atoms with E-state index in [0.29, 0.717) is 5.95 Å². The number of aromatic nitrogens is 2. The molecule has 1 atom stereocenters. The average molecular weight is 214 g/mol. The van der Waals surface area contributed by atoms with Gasteiger partial charge in [-0.3, -0.25) is 0 Å². The molecule has 2 rings (SSSR count). The van der Waals surface area contributed by atoms with E-state index in [1.54, 1.807) is 0 Å². The molecule has 1 saturated heterocycles. The first kappa shape index (κ1) is 9.67. The van der Waals surface area contributed by atoms with E-state index in [4.69, 9.17) is 10.5 Å². The summed E-state index contributed by atoms with van der Waals surface area (Å²) in [5, 5.41) is 0.903. The van der Waals surface area contributed by atoms with Crippen molar-refractivity contribution in [2.24, 2.45) is 0 Å². The van der Waals surface area contributed by atoms with Crippen LogP contribution in [0.25, 0.3) is 0 Å². The second kappa shape index (κ2) is 4.10. The lowest BCUT2D eigenvalue weighted by atomic mass is 10.4. The third kappa shape index (κ3) is 2.13. The maximum absolute atomic E-state index is 5.54. The van der Waals surface area contributed by atoms with Crippen LogP contribution in [0.5, 0.6) is 0 Å². The highest BCUT2D eigenvalue weighted by molar-refractivity contribution is 7.09. The van der Waals surface area contributed by atoms with Gasteiger partial charge >= 0.3 is 0 Å². The number of hydrogen-bond donors (Lipinski definition) is 1. The molecule has 1 aliphatic rings. The van der Waals surface area contributed by atoms with Crippen LogP contribution in [0.15, 0.2) is 0 Å². The quantitative estimate of drug-likeness (QED) is 0.747. The normalized spacial score (nSPS) is 23.5. The number of rotatable bonds is 1. The van der Waals surface area contributed by atoms with Crippen LogP contribution in [-0.2, 0) is 4.74 Å². The molecule has 14 heavy (non-hydrogen) atoms. The summed E-state index contributed by atoms with van der Waals surface area (Å²) in [4.78, 5) is 6.35. The fourth-order valence-corrected chi connectivity index (χ4v) is 2.15. The number of nitrogens with zero attached hydrogens (tertiary/aromatic N) is 3. The highest BCUT2D eigenvalue weighted by Gasteiger charge is 2.17. The van der Waals surface area contributed by atoms with E-state index in [2.05, 4.69) is 21.2 Å². The van der Waals surface area contributed by atoms with Gasteiger partial charge in [0, 0.05) is 31.2 Å². The van der Waals surface area contributed by atoms with Crippen molar-refractivity contribution in [1.82, 2.24) is 9.36 Å². The first-order chi connectivity index (χ1) is 6.75. The van der Waals surface area contributed by atoms with Gasteiger partial charge in [-0.15, -0.1) is 0 Å². The van der Waals surface area contributed by atoms with Gasteiger partial charge in [-0.25, -0.2) is 0 Å². The summed E-state index contributed by atoms with van der Waals surface area (Å²) in [5.41, 5.74) is 5.49. The fourth-order valence-electron chi connectivity index (χ4n) is 1.52. The van der Waals surface area contributed by atoms with Gasteiger partial charge in [-0.1, -0.05) is 0 Å². The van der Waals surface area contributed by atoms with Gasteiger partial charge in [0.2, 0.25) is 11.1 Å². The van der Waals surface area contributed by atoms with E-state index in [1.807, 2.05) is 0 Å². The minimum Gasteiger partial charge on any atom is -0.377 e.